The molecule has 5 heteroatoms. The molecule has 2 unspecified atom stereocenters. The van der Waals surface area contributed by atoms with Crippen LogP contribution in [0.3, 0.4) is 0 Å². The van der Waals surface area contributed by atoms with Crippen molar-refractivity contribution in [1.29, 1.82) is 0 Å². The van der Waals surface area contributed by atoms with E-state index in [9.17, 15) is 9.59 Å². The number of nitrogens with zero attached hydrogens (tertiary/aromatic N) is 1. The highest BCUT2D eigenvalue weighted by Crippen LogP contribution is 2.34. The average molecular weight is 254 g/mol. The van der Waals surface area contributed by atoms with Crippen molar-refractivity contribution in [2.45, 2.75) is 57.7 Å². The maximum atomic E-state index is 12.6. The summed E-state index contributed by atoms with van der Waals surface area (Å²) in [5.74, 6) is -0.0841. The third-order valence-electron chi connectivity index (χ3n) is 4.26. The van der Waals surface area contributed by atoms with Crippen molar-refractivity contribution in [1.82, 2.24) is 10.2 Å². The Balaban J connectivity index is 2.32. The van der Waals surface area contributed by atoms with Crippen molar-refractivity contribution in [3.63, 3.8) is 0 Å². The summed E-state index contributed by atoms with van der Waals surface area (Å²) in [5, 5.41) is 2.78. The van der Waals surface area contributed by atoms with E-state index in [4.69, 9.17) is 4.74 Å². The summed E-state index contributed by atoms with van der Waals surface area (Å²) in [4.78, 5) is 26.1. The zero-order valence-electron chi connectivity index (χ0n) is 11.6. The Hall–Kier alpha value is -1.10. The average Bonchev–Trinajstić information content (AvgIpc) is 2.54. The van der Waals surface area contributed by atoms with Crippen LogP contribution in [-0.4, -0.2) is 47.0 Å². The molecule has 0 aromatic heterocycles. The van der Waals surface area contributed by atoms with Gasteiger partial charge in [0.1, 0.15) is 5.54 Å². The Morgan fingerprint density at radius 1 is 1.33 bits per heavy atom. The predicted molar refractivity (Wildman–Crippen MR) is 67.0 cm³/mol. The smallest absolute Gasteiger partial charge is 0.248 e. The maximum Gasteiger partial charge on any atom is 0.248 e. The second-order valence-corrected chi connectivity index (χ2v) is 6.00. The Morgan fingerprint density at radius 2 is 2.00 bits per heavy atom. The van der Waals surface area contributed by atoms with E-state index < -0.39 is 5.54 Å². The summed E-state index contributed by atoms with van der Waals surface area (Å²) in [5.41, 5.74) is -1.14. The standard InChI is InChI=1S/C13H22N2O3/c1-9-13(4,6-8-18-9)15-7-5-10(16)14-12(2,3)11(15)17/h9H,5-8H2,1-4H3,(H,14,16). The molecule has 0 saturated carbocycles. The molecule has 2 rings (SSSR count). The minimum absolute atomic E-state index is 0.00505. The van der Waals surface area contributed by atoms with E-state index in [0.717, 1.165) is 6.42 Å². The van der Waals surface area contributed by atoms with Gasteiger partial charge in [0, 0.05) is 19.6 Å². The lowest BCUT2D eigenvalue weighted by Gasteiger charge is -2.42. The number of hydrogen-bond acceptors (Lipinski definition) is 3. The Kier molecular flexibility index (Phi) is 3.13. The van der Waals surface area contributed by atoms with Crippen molar-refractivity contribution in [3.05, 3.63) is 0 Å². The fraction of sp³-hybridized carbons (Fsp3) is 0.846. The molecule has 2 amide bonds. The van der Waals surface area contributed by atoms with Crippen molar-refractivity contribution in [2.75, 3.05) is 13.2 Å². The first-order chi connectivity index (χ1) is 8.27. The molecule has 0 aliphatic carbocycles. The Morgan fingerprint density at radius 3 is 2.56 bits per heavy atom. The molecule has 0 spiro atoms. The molecule has 0 bridgehead atoms. The van der Waals surface area contributed by atoms with E-state index in [1.807, 2.05) is 11.8 Å². The zero-order valence-corrected chi connectivity index (χ0v) is 11.6. The second kappa shape index (κ2) is 4.23. The fourth-order valence-corrected chi connectivity index (χ4v) is 2.78. The minimum Gasteiger partial charge on any atom is -0.376 e. The van der Waals surface area contributed by atoms with Gasteiger partial charge in [0.15, 0.2) is 0 Å². The van der Waals surface area contributed by atoms with Gasteiger partial charge in [-0.3, -0.25) is 9.59 Å². The molecular formula is C13H22N2O3. The van der Waals surface area contributed by atoms with E-state index in [0.29, 0.717) is 19.6 Å². The Bertz CT molecular complexity index is 380. The highest BCUT2D eigenvalue weighted by Gasteiger charge is 2.49. The predicted octanol–water partition coefficient (Wildman–Crippen LogP) is 0.681. The van der Waals surface area contributed by atoms with E-state index in [1.54, 1.807) is 13.8 Å². The first-order valence-corrected chi connectivity index (χ1v) is 6.52. The molecule has 18 heavy (non-hydrogen) atoms. The first kappa shape index (κ1) is 13.3. The molecular weight excluding hydrogens is 232 g/mol. The Labute approximate surface area is 108 Å². The third-order valence-corrected chi connectivity index (χ3v) is 4.26. The highest BCUT2D eigenvalue weighted by molar-refractivity contribution is 5.93. The second-order valence-electron chi connectivity index (χ2n) is 6.00. The molecule has 2 heterocycles. The van der Waals surface area contributed by atoms with Crippen LogP contribution in [0.5, 0.6) is 0 Å². The van der Waals surface area contributed by atoms with E-state index in [1.165, 1.54) is 0 Å². The molecule has 0 aromatic rings. The lowest BCUT2D eigenvalue weighted by molar-refractivity contribution is -0.144. The topological polar surface area (TPSA) is 58.6 Å². The highest BCUT2D eigenvalue weighted by atomic mass is 16.5. The van der Waals surface area contributed by atoms with Crippen LogP contribution in [-0.2, 0) is 14.3 Å². The molecule has 102 valence electrons. The van der Waals surface area contributed by atoms with E-state index in [2.05, 4.69) is 12.2 Å². The molecule has 1 N–H and O–H groups in total. The molecule has 2 aliphatic heterocycles. The van der Waals surface area contributed by atoms with Crippen LogP contribution >= 0.6 is 0 Å². The van der Waals surface area contributed by atoms with Crippen LogP contribution in [0.2, 0.25) is 0 Å². The van der Waals surface area contributed by atoms with Gasteiger partial charge in [-0.1, -0.05) is 0 Å². The van der Waals surface area contributed by atoms with Gasteiger partial charge in [-0.05, 0) is 34.1 Å². The summed E-state index contributed by atoms with van der Waals surface area (Å²) < 4.78 is 5.61. The summed E-state index contributed by atoms with van der Waals surface area (Å²) in [7, 11) is 0. The number of amides is 2. The number of hydrogen-bond donors (Lipinski definition) is 1. The molecule has 2 saturated heterocycles. The monoisotopic (exact) mass is 254 g/mol. The van der Waals surface area contributed by atoms with E-state index in [-0.39, 0.29) is 23.5 Å². The van der Waals surface area contributed by atoms with Gasteiger partial charge in [0.2, 0.25) is 11.8 Å². The van der Waals surface area contributed by atoms with Gasteiger partial charge in [0.25, 0.3) is 0 Å². The van der Waals surface area contributed by atoms with Crippen LogP contribution < -0.4 is 5.32 Å². The summed E-state index contributed by atoms with van der Waals surface area (Å²) in [6, 6.07) is 0. The number of ether oxygens (including phenoxy) is 1. The number of carbonyl (C=O) groups is 2. The summed E-state index contributed by atoms with van der Waals surface area (Å²) in [6.07, 6.45) is 1.19. The minimum atomic E-state index is -0.834. The van der Waals surface area contributed by atoms with Crippen molar-refractivity contribution < 1.29 is 14.3 Å². The van der Waals surface area contributed by atoms with E-state index >= 15 is 0 Å². The van der Waals surface area contributed by atoms with Crippen molar-refractivity contribution in [2.24, 2.45) is 0 Å². The zero-order chi connectivity index (χ0) is 13.6. The molecule has 0 aromatic carbocycles. The largest absolute Gasteiger partial charge is 0.376 e. The molecule has 2 aliphatic rings. The van der Waals surface area contributed by atoms with Crippen LogP contribution in [0.25, 0.3) is 0 Å². The number of rotatable bonds is 1. The van der Waals surface area contributed by atoms with Crippen molar-refractivity contribution >= 4 is 11.8 Å². The van der Waals surface area contributed by atoms with Gasteiger partial charge < -0.3 is 15.0 Å². The summed E-state index contributed by atoms with van der Waals surface area (Å²) in [6.45, 7) is 8.70. The molecule has 5 nitrogen and oxygen atoms in total. The normalized spacial score (nSPS) is 36.4. The number of nitrogens with one attached hydrogen (secondary N) is 1. The SMILES string of the molecule is CC1OCCC1(C)N1CCC(=O)NC(C)(C)C1=O. The van der Waals surface area contributed by atoms with Crippen LogP contribution in [0.4, 0.5) is 0 Å². The first-order valence-electron chi connectivity index (χ1n) is 6.52. The maximum absolute atomic E-state index is 12.6. The van der Waals surface area contributed by atoms with Crippen LogP contribution in [0.15, 0.2) is 0 Å². The van der Waals surface area contributed by atoms with Gasteiger partial charge in [-0.15, -0.1) is 0 Å². The summed E-state index contributed by atoms with van der Waals surface area (Å²) >= 11 is 0. The lowest BCUT2D eigenvalue weighted by Crippen LogP contribution is -2.60. The van der Waals surface area contributed by atoms with Crippen LogP contribution in [0, 0.1) is 0 Å². The molecule has 2 atom stereocenters. The van der Waals surface area contributed by atoms with Gasteiger partial charge in [0.05, 0.1) is 11.6 Å². The molecule has 0 radical (unpaired) electrons. The van der Waals surface area contributed by atoms with Crippen LogP contribution in [0.1, 0.15) is 40.5 Å². The fourth-order valence-electron chi connectivity index (χ4n) is 2.78. The third kappa shape index (κ3) is 2.00. The van der Waals surface area contributed by atoms with Gasteiger partial charge in [-0.2, -0.15) is 0 Å². The lowest BCUT2D eigenvalue weighted by atomic mass is 9.90. The van der Waals surface area contributed by atoms with Gasteiger partial charge >= 0.3 is 0 Å². The quantitative estimate of drug-likeness (QED) is 0.748. The van der Waals surface area contributed by atoms with Gasteiger partial charge in [-0.25, -0.2) is 0 Å². The number of carbonyl (C=O) groups excluding carboxylic acids is 2. The van der Waals surface area contributed by atoms with Crippen molar-refractivity contribution in [3.8, 4) is 0 Å². The molecule has 2 fully saturated rings.